The molecule has 0 aliphatic heterocycles. The Morgan fingerprint density at radius 1 is 1.15 bits per heavy atom. The molecule has 104 valence electrons. The second kappa shape index (κ2) is 6.19. The van der Waals surface area contributed by atoms with E-state index in [4.69, 9.17) is 4.42 Å². The average molecular weight is 271 g/mol. The van der Waals surface area contributed by atoms with Crippen LogP contribution in [0.4, 0.5) is 0 Å². The summed E-state index contributed by atoms with van der Waals surface area (Å²) in [5.41, 5.74) is 2.02. The molecule has 20 heavy (non-hydrogen) atoms. The van der Waals surface area contributed by atoms with E-state index in [1.165, 1.54) is 0 Å². The monoisotopic (exact) mass is 271 g/mol. The van der Waals surface area contributed by atoms with E-state index in [9.17, 15) is 9.59 Å². The Balaban J connectivity index is 2.02. The number of amides is 1. The van der Waals surface area contributed by atoms with Gasteiger partial charge in [-0.05, 0) is 24.1 Å². The molecule has 2 rings (SSSR count). The molecule has 0 saturated heterocycles. The minimum atomic E-state index is 0.121. The molecule has 0 radical (unpaired) electrons. The molecule has 0 bridgehead atoms. The molecule has 0 N–H and O–H groups in total. The van der Waals surface area contributed by atoms with Crippen molar-refractivity contribution in [2.75, 3.05) is 14.1 Å². The van der Waals surface area contributed by atoms with Gasteiger partial charge in [0, 0.05) is 26.1 Å². The SMILES string of the molecule is CN(C)C(=O)CCc1ccc(-c2ccc(C=O)o2)cc1. The van der Waals surface area contributed by atoms with Crippen LogP contribution in [0.2, 0.25) is 0 Å². The van der Waals surface area contributed by atoms with E-state index in [0.29, 0.717) is 24.2 Å². The third-order valence-electron chi connectivity index (χ3n) is 3.11. The van der Waals surface area contributed by atoms with Crippen LogP contribution in [0.1, 0.15) is 22.5 Å². The molecule has 1 aromatic heterocycles. The number of aryl methyl sites for hydroxylation is 1. The Morgan fingerprint density at radius 3 is 2.40 bits per heavy atom. The molecule has 4 nitrogen and oxygen atoms in total. The maximum Gasteiger partial charge on any atom is 0.222 e. The lowest BCUT2D eigenvalue weighted by atomic mass is 10.1. The number of rotatable bonds is 5. The van der Waals surface area contributed by atoms with Gasteiger partial charge < -0.3 is 9.32 Å². The Bertz CT molecular complexity index is 596. The highest BCUT2D eigenvalue weighted by molar-refractivity contribution is 5.76. The van der Waals surface area contributed by atoms with E-state index in [1.54, 1.807) is 31.1 Å². The first-order valence-electron chi connectivity index (χ1n) is 6.44. The molecule has 1 heterocycles. The lowest BCUT2D eigenvalue weighted by Gasteiger charge is -2.09. The van der Waals surface area contributed by atoms with E-state index in [0.717, 1.165) is 17.5 Å². The predicted molar refractivity (Wildman–Crippen MR) is 76.5 cm³/mol. The van der Waals surface area contributed by atoms with Gasteiger partial charge in [0.1, 0.15) is 5.76 Å². The molecule has 0 saturated carbocycles. The first-order chi connectivity index (χ1) is 9.60. The van der Waals surface area contributed by atoms with E-state index >= 15 is 0 Å². The van der Waals surface area contributed by atoms with Gasteiger partial charge in [-0.15, -0.1) is 0 Å². The summed E-state index contributed by atoms with van der Waals surface area (Å²) in [6.45, 7) is 0. The van der Waals surface area contributed by atoms with Crippen molar-refractivity contribution in [3.63, 3.8) is 0 Å². The molecule has 0 fully saturated rings. The third-order valence-corrected chi connectivity index (χ3v) is 3.11. The number of carbonyl (C=O) groups is 2. The number of hydrogen-bond acceptors (Lipinski definition) is 3. The third kappa shape index (κ3) is 3.35. The van der Waals surface area contributed by atoms with Gasteiger partial charge in [0.05, 0.1) is 0 Å². The lowest BCUT2D eigenvalue weighted by molar-refractivity contribution is -0.128. The summed E-state index contributed by atoms with van der Waals surface area (Å²) in [5, 5.41) is 0. The van der Waals surface area contributed by atoms with Gasteiger partial charge in [-0.1, -0.05) is 24.3 Å². The van der Waals surface area contributed by atoms with E-state index < -0.39 is 0 Å². The fourth-order valence-corrected chi connectivity index (χ4v) is 1.88. The van der Waals surface area contributed by atoms with Crippen molar-refractivity contribution in [2.24, 2.45) is 0 Å². The van der Waals surface area contributed by atoms with Crippen molar-refractivity contribution in [2.45, 2.75) is 12.8 Å². The molecule has 1 aromatic carbocycles. The van der Waals surface area contributed by atoms with Crippen LogP contribution in [0.15, 0.2) is 40.8 Å². The van der Waals surface area contributed by atoms with Gasteiger partial charge in [0.2, 0.25) is 5.91 Å². The highest BCUT2D eigenvalue weighted by Gasteiger charge is 2.06. The topological polar surface area (TPSA) is 50.5 Å². The highest BCUT2D eigenvalue weighted by atomic mass is 16.3. The fraction of sp³-hybridized carbons (Fsp3) is 0.250. The fourth-order valence-electron chi connectivity index (χ4n) is 1.88. The van der Waals surface area contributed by atoms with Crippen molar-refractivity contribution in [1.29, 1.82) is 0 Å². The standard InChI is InChI=1S/C16H17NO3/c1-17(2)16(19)10-5-12-3-6-13(7-4-12)15-9-8-14(11-18)20-15/h3-4,6-9,11H,5,10H2,1-2H3. The van der Waals surface area contributed by atoms with Gasteiger partial charge >= 0.3 is 0 Å². The summed E-state index contributed by atoms with van der Waals surface area (Å²) in [5.74, 6) is 1.11. The van der Waals surface area contributed by atoms with Crippen LogP contribution in [0, 0.1) is 0 Å². The maximum atomic E-state index is 11.5. The lowest BCUT2D eigenvalue weighted by Crippen LogP contribution is -2.21. The smallest absolute Gasteiger partial charge is 0.222 e. The van der Waals surface area contributed by atoms with Crippen molar-refractivity contribution in [1.82, 2.24) is 4.90 Å². The van der Waals surface area contributed by atoms with E-state index in [-0.39, 0.29) is 5.91 Å². The van der Waals surface area contributed by atoms with Gasteiger partial charge in [0.25, 0.3) is 0 Å². The zero-order chi connectivity index (χ0) is 14.5. The van der Waals surface area contributed by atoms with Crippen LogP contribution >= 0.6 is 0 Å². The first kappa shape index (κ1) is 14.1. The number of furan rings is 1. The van der Waals surface area contributed by atoms with Gasteiger partial charge in [-0.3, -0.25) is 9.59 Å². The molecule has 0 aliphatic rings. The van der Waals surface area contributed by atoms with Crippen LogP contribution in [0.3, 0.4) is 0 Å². The molecule has 4 heteroatoms. The molecule has 2 aromatic rings. The Labute approximate surface area is 118 Å². The highest BCUT2D eigenvalue weighted by Crippen LogP contribution is 2.22. The van der Waals surface area contributed by atoms with Crippen LogP contribution in [0.25, 0.3) is 11.3 Å². The molecule has 0 unspecified atom stereocenters. The average Bonchev–Trinajstić information content (AvgIpc) is 2.94. The van der Waals surface area contributed by atoms with Crippen molar-refractivity contribution in [3.8, 4) is 11.3 Å². The Morgan fingerprint density at radius 2 is 1.85 bits per heavy atom. The maximum absolute atomic E-state index is 11.5. The summed E-state index contributed by atoms with van der Waals surface area (Å²) in [6.07, 6.45) is 1.90. The minimum absolute atomic E-state index is 0.121. The van der Waals surface area contributed by atoms with E-state index in [2.05, 4.69) is 0 Å². The van der Waals surface area contributed by atoms with Crippen molar-refractivity contribution in [3.05, 3.63) is 47.7 Å². The summed E-state index contributed by atoms with van der Waals surface area (Å²) in [4.78, 5) is 23.7. The largest absolute Gasteiger partial charge is 0.453 e. The first-order valence-corrected chi connectivity index (χ1v) is 6.44. The normalized spacial score (nSPS) is 10.3. The van der Waals surface area contributed by atoms with Crippen molar-refractivity contribution >= 4 is 12.2 Å². The van der Waals surface area contributed by atoms with Gasteiger partial charge in [-0.2, -0.15) is 0 Å². The number of hydrogen-bond donors (Lipinski definition) is 0. The number of carbonyl (C=O) groups excluding carboxylic acids is 2. The van der Waals surface area contributed by atoms with Gasteiger partial charge in [-0.25, -0.2) is 0 Å². The minimum Gasteiger partial charge on any atom is -0.453 e. The van der Waals surface area contributed by atoms with Crippen LogP contribution in [0.5, 0.6) is 0 Å². The molecular weight excluding hydrogens is 254 g/mol. The number of aldehydes is 1. The molecule has 0 spiro atoms. The van der Waals surface area contributed by atoms with E-state index in [1.807, 2.05) is 24.3 Å². The zero-order valence-corrected chi connectivity index (χ0v) is 11.6. The zero-order valence-electron chi connectivity index (χ0n) is 11.6. The van der Waals surface area contributed by atoms with Crippen LogP contribution < -0.4 is 0 Å². The summed E-state index contributed by atoms with van der Waals surface area (Å²) in [7, 11) is 3.51. The molecular formula is C16H17NO3. The van der Waals surface area contributed by atoms with Gasteiger partial charge in [0.15, 0.2) is 12.0 Å². The van der Waals surface area contributed by atoms with Crippen LogP contribution in [-0.2, 0) is 11.2 Å². The van der Waals surface area contributed by atoms with Crippen LogP contribution in [-0.4, -0.2) is 31.2 Å². The summed E-state index contributed by atoms with van der Waals surface area (Å²) >= 11 is 0. The Kier molecular flexibility index (Phi) is 4.35. The second-order valence-corrected chi connectivity index (χ2v) is 4.80. The molecule has 1 amide bonds. The second-order valence-electron chi connectivity index (χ2n) is 4.80. The number of benzene rings is 1. The Hall–Kier alpha value is -2.36. The van der Waals surface area contributed by atoms with Crippen molar-refractivity contribution < 1.29 is 14.0 Å². The number of nitrogens with zero attached hydrogens (tertiary/aromatic N) is 1. The molecule has 0 aliphatic carbocycles. The predicted octanol–water partition coefficient (Wildman–Crippen LogP) is 2.78. The summed E-state index contributed by atoms with van der Waals surface area (Å²) < 4.78 is 5.36. The summed E-state index contributed by atoms with van der Waals surface area (Å²) in [6, 6.07) is 11.2. The quantitative estimate of drug-likeness (QED) is 0.786. The molecule has 0 atom stereocenters.